The molecule has 4 unspecified atom stereocenters. The Morgan fingerprint density at radius 3 is 2.63 bits per heavy atom. The van der Waals surface area contributed by atoms with Gasteiger partial charge in [-0.15, -0.1) is 11.8 Å². The van der Waals surface area contributed by atoms with E-state index >= 15 is 0 Å². The van der Waals surface area contributed by atoms with Crippen molar-refractivity contribution >= 4 is 35.3 Å². The Labute approximate surface area is 228 Å². The molecule has 208 valence electrons. The van der Waals surface area contributed by atoms with Crippen LogP contribution in [0.1, 0.15) is 51.4 Å². The van der Waals surface area contributed by atoms with Crippen LogP contribution in [0, 0.1) is 27.7 Å². The number of quaternary nitrogens is 1. The molecule has 14 heteroatoms. The average molecular weight is 566 g/mol. The smallest absolute Gasteiger partial charge is 0.339 e. The molecule has 1 aromatic heterocycles. The van der Waals surface area contributed by atoms with Crippen LogP contribution in [-0.4, -0.2) is 65.3 Å². The number of nitrogens with one attached hydrogen (secondary N) is 1. The number of aryl methyl sites for hydroxylation is 1. The third-order valence-corrected chi connectivity index (χ3v) is 11.3. The molecule has 0 aromatic carbocycles. The summed E-state index contributed by atoms with van der Waals surface area (Å²) < 4.78 is 1.40. The number of hydroxylamine groups is 4. The third kappa shape index (κ3) is 5.08. The van der Waals surface area contributed by atoms with Gasteiger partial charge >= 0.3 is 11.1 Å². The largest absolute Gasteiger partial charge is 0.631 e. The molecule has 38 heavy (non-hydrogen) atoms. The number of nitrogens with two attached hydrogens (primary N) is 1. The van der Waals surface area contributed by atoms with Crippen LogP contribution in [-0.2, 0) is 16.6 Å². The first-order valence-corrected chi connectivity index (χ1v) is 15.0. The van der Waals surface area contributed by atoms with Crippen LogP contribution in [0.3, 0.4) is 0 Å². The molecule has 12 nitrogen and oxygen atoms in total. The number of nitrogens with zero attached hydrogens (tertiary/aromatic N) is 4. The Morgan fingerprint density at radius 1 is 1.26 bits per heavy atom. The monoisotopic (exact) mass is 565 g/mol. The van der Waals surface area contributed by atoms with Crippen LogP contribution in [0.5, 0.6) is 0 Å². The SMILES string of the molecule is Cn1[nH]c(=O)c(=O)nc1SC1CC1(C1CCCC1)C1CC(C(N)=O)CC[N+]1([O-])[O-].O=C1C[C@@H]2SCC=CN12. The first-order valence-electron chi connectivity index (χ1n) is 13.1. The number of hydrogen-bond acceptors (Lipinski definition) is 9. The topological polar surface area (TPSA) is 177 Å². The van der Waals surface area contributed by atoms with Gasteiger partial charge in [-0.3, -0.25) is 29.0 Å². The molecule has 0 bridgehead atoms. The zero-order chi connectivity index (χ0) is 27.2. The van der Waals surface area contributed by atoms with Crippen molar-refractivity contribution in [2.24, 2.45) is 30.0 Å². The molecule has 0 spiro atoms. The lowest BCUT2D eigenvalue weighted by atomic mass is 9.75. The first kappa shape index (κ1) is 27.4. The van der Waals surface area contributed by atoms with E-state index in [4.69, 9.17) is 5.73 Å². The highest BCUT2D eigenvalue weighted by Crippen LogP contribution is 2.68. The Bertz CT molecular complexity index is 1240. The molecule has 5 atom stereocenters. The van der Waals surface area contributed by atoms with E-state index in [0.717, 1.165) is 37.9 Å². The number of carbonyl (C=O) groups is 2. The highest BCUT2D eigenvalue weighted by atomic mass is 32.2. The van der Waals surface area contributed by atoms with Crippen molar-refractivity contribution in [1.82, 2.24) is 19.7 Å². The molecule has 6 rings (SSSR count). The number of fused-ring (bicyclic) bond motifs is 1. The fourth-order valence-corrected chi connectivity index (χ4v) is 9.11. The van der Waals surface area contributed by atoms with Crippen molar-refractivity contribution < 1.29 is 14.4 Å². The summed E-state index contributed by atoms with van der Waals surface area (Å²) in [5.74, 6) is 0.661. The normalized spacial score (nSPS) is 33.7. The standard InChI is InChI=1S/C18H26N5O5S.C6H7NOS/c1-22-17(20-15(25)16(26)21-22)29-13-9-18(13,11-4-2-3-5-11)12-8-10(14(19)24)6-7-23(12,27)28;8-5-4-6-7(5)2-1-3-9-6/h10-13H,2-9H2,1H3,(H2,19,24)(H,21,26);1-2,6H,3-4H2/q-1;/t;6-/m.0/s1. The summed E-state index contributed by atoms with van der Waals surface area (Å²) in [4.78, 5) is 49.8. The Kier molecular flexibility index (Phi) is 7.55. The van der Waals surface area contributed by atoms with E-state index in [1.807, 2.05) is 24.0 Å². The maximum atomic E-state index is 12.9. The maximum absolute atomic E-state index is 12.9. The Balaban J connectivity index is 0.000000273. The minimum Gasteiger partial charge on any atom is -0.631 e. The summed E-state index contributed by atoms with van der Waals surface area (Å²) in [5, 5.41) is 29.1. The number of rotatable bonds is 5. The third-order valence-electron chi connectivity index (χ3n) is 8.68. The quantitative estimate of drug-likeness (QED) is 0.231. The van der Waals surface area contributed by atoms with Crippen molar-refractivity contribution in [1.29, 1.82) is 0 Å². The predicted molar refractivity (Wildman–Crippen MR) is 143 cm³/mol. The molecule has 5 aliphatic rings. The van der Waals surface area contributed by atoms with E-state index in [0.29, 0.717) is 17.0 Å². The van der Waals surface area contributed by atoms with Gasteiger partial charge in [0, 0.05) is 48.4 Å². The molecule has 3 aliphatic heterocycles. The van der Waals surface area contributed by atoms with Crippen LogP contribution in [0.15, 0.2) is 27.0 Å². The minimum absolute atomic E-state index is 0.0633. The average Bonchev–Trinajstić information content (AvgIpc) is 3.29. The summed E-state index contributed by atoms with van der Waals surface area (Å²) >= 11 is 3.17. The Morgan fingerprint density at radius 2 is 2.00 bits per heavy atom. The fourth-order valence-electron chi connectivity index (χ4n) is 6.55. The molecular weight excluding hydrogens is 532 g/mol. The molecular formula is C24H33N6O6S2-. The zero-order valence-corrected chi connectivity index (χ0v) is 22.9. The lowest BCUT2D eigenvalue weighted by Gasteiger charge is -2.60. The lowest BCUT2D eigenvalue weighted by Crippen LogP contribution is -2.58. The van der Waals surface area contributed by atoms with Crippen molar-refractivity contribution in [2.45, 2.75) is 73.2 Å². The van der Waals surface area contributed by atoms with Crippen molar-refractivity contribution in [3.8, 4) is 0 Å². The summed E-state index contributed by atoms with van der Waals surface area (Å²) in [6.07, 6.45) is 9.80. The second-order valence-corrected chi connectivity index (χ2v) is 13.3. The molecule has 0 radical (unpaired) electrons. The number of primary amides is 1. The van der Waals surface area contributed by atoms with Gasteiger partial charge < -0.3 is 25.9 Å². The summed E-state index contributed by atoms with van der Waals surface area (Å²) in [5.41, 5.74) is 3.36. The van der Waals surface area contributed by atoms with Gasteiger partial charge in [-0.2, -0.15) is 4.98 Å². The predicted octanol–water partition coefficient (Wildman–Crippen LogP) is 1.39. The number of β-lactam (4-membered cyclic amide) rings is 1. The van der Waals surface area contributed by atoms with Gasteiger partial charge in [-0.25, -0.2) is 0 Å². The number of hydrogen-bond donors (Lipinski definition) is 2. The lowest BCUT2D eigenvalue weighted by molar-refractivity contribution is -0.871. The molecule has 2 aliphatic carbocycles. The van der Waals surface area contributed by atoms with Crippen molar-refractivity contribution in [3.63, 3.8) is 0 Å². The molecule has 2 saturated carbocycles. The summed E-state index contributed by atoms with van der Waals surface area (Å²) in [7, 11) is 1.60. The second-order valence-electron chi connectivity index (χ2n) is 10.9. The van der Waals surface area contributed by atoms with E-state index in [1.54, 1.807) is 11.9 Å². The number of thioether (sulfide) groups is 2. The molecule has 3 N–H and O–H groups in total. The maximum Gasteiger partial charge on any atom is 0.339 e. The number of carbonyl (C=O) groups excluding carboxylic acids is 2. The minimum atomic E-state index is -1.59. The van der Waals surface area contributed by atoms with Crippen LogP contribution in [0.2, 0.25) is 0 Å². The molecule has 1 aromatic rings. The van der Waals surface area contributed by atoms with E-state index < -0.39 is 39.2 Å². The number of amides is 2. The van der Waals surface area contributed by atoms with Gasteiger partial charge in [0.2, 0.25) is 11.8 Å². The molecule has 4 fully saturated rings. The number of H-pyrrole nitrogens is 1. The molecule has 2 saturated heterocycles. The number of piperidine rings is 1. The van der Waals surface area contributed by atoms with Gasteiger partial charge in [0.1, 0.15) is 0 Å². The van der Waals surface area contributed by atoms with E-state index in [9.17, 15) is 29.6 Å². The van der Waals surface area contributed by atoms with Gasteiger partial charge in [0.25, 0.3) is 0 Å². The molecule has 2 amide bonds. The number of aromatic amines is 1. The number of aromatic nitrogens is 3. The van der Waals surface area contributed by atoms with E-state index in [1.165, 1.54) is 16.4 Å². The fraction of sp³-hybridized carbons (Fsp3) is 0.708. The van der Waals surface area contributed by atoms with Crippen LogP contribution < -0.4 is 16.9 Å². The Hall–Kier alpha value is -2.13. The van der Waals surface area contributed by atoms with Crippen molar-refractivity contribution in [3.05, 3.63) is 43.4 Å². The second kappa shape index (κ2) is 10.5. The summed E-state index contributed by atoms with van der Waals surface area (Å²) in [6.45, 7) is -0.153. The van der Waals surface area contributed by atoms with Gasteiger partial charge in [0.05, 0.1) is 24.4 Å². The van der Waals surface area contributed by atoms with Crippen LogP contribution >= 0.6 is 23.5 Å². The molecule has 4 heterocycles. The highest BCUT2D eigenvalue weighted by molar-refractivity contribution is 8.00. The zero-order valence-electron chi connectivity index (χ0n) is 21.2. The summed E-state index contributed by atoms with van der Waals surface area (Å²) in [6, 6.07) is -0.742. The van der Waals surface area contributed by atoms with Crippen LogP contribution in [0.25, 0.3) is 0 Å². The van der Waals surface area contributed by atoms with Crippen molar-refractivity contribution in [2.75, 3.05) is 12.3 Å². The highest BCUT2D eigenvalue weighted by Gasteiger charge is 2.68. The van der Waals surface area contributed by atoms with Gasteiger partial charge in [-0.05, 0) is 25.2 Å². The van der Waals surface area contributed by atoms with E-state index in [-0.39, 0.29) is 36.5 Å². The van der Waals surface area contributed by atoms with Gasteiger partial charge in [-0.1, -0.05) is 30.7 Å². The van der Waals surface area contributed by atoms with Crippen LogP contribution in [0.4, 0.5) is 0 Å². The van der Waals surface area contributed by atoms with E-state index in [2.05, 4.69) is 10.1 Å². The first-order chi connectivity index (χ1) is 18.0. The van der Waals surface area contributed by atoms with Gasteiger partial charge in [0.15, 0.2) is 5.16 Å².